The van der Waals surface area contributed by atoms with Crippen molar-refractivity contribution in [2.45, 2.75) is 19.9 Å². The summed E-state index contributed by atoms with van der Waals surface area (Å²) >= 11 is 5.60. The van der Waals surface area contributed by atoms with Crippen LogP contribution in [0, 0.1) is 0 Å². The van der Waals surface area contributed by atoms with Gasteiger partial charge < -0.3 is 9.88 Å². The van der Waals surface area contributed by atoms with Crippen molar-refractivity contribution in [3.05, 3.63) is 54.1 Å². The molecule has 2 heterocycles. The third-order valence-electron chi connectivity index (χ3n) is 4.28. The van der Waals surface area contributed by atoms with Crippen molar-refractivity contribution < 1.29 is 0 Å². The average Bonchev–Trinajstić information content (AvgIpc) is 3.14. The van der Waals surface area contributed by atoms with E-state index < -0.39 is 0 Å². The summed E-state index contributed by atoms with van der Waals surface area (Å²) in [5, 5.41) is 4.02. The molecular weight excluding hydrogens is 304 g/mol. The summed E-state index contributed by atoms with van der Waals surface area (Å²) in [6.07, 6.45) is 1.04. The number of benzene rings is 2. The van der Waals surface area contributed by atoms with E-state index in [0.29, 0.717) is 5.11 Å². The highest BCUT2D eigenvalue weighted by Gasteiger charge is 2.26. The lowest BCUT2D eigenvalue weighted by atomic mass is 10.1. The third-order valence-corrected chi connectivity index (χ3v) is 4.60. The second-order valence-corrected chi connectivity index (χ2v) is 6.07. The molecule has 0 spiro atoms. The van der Waals surface area contributed by atoms with E-state index in [9.17, 15) is 0 Å². The number of aryl methyl sites for hydroxylation is 1. The minimum atomic E-state index is 0.698. The molecule has 0 amide bonds. The van der Waals surface area contributed by atoms with Crippen molar-refractivity contribution in [3.8, 4) is 0 Å². The highest BCUT2D eigenvalue weighted by molar-refractivity contribution is 7.80. The summed E-state index contributed by atoms with van der Waals surface area (Å²) in [5.41, 5.74) is 4.52. The second kappa shape index (κ2) is 5.66. The monoisotopic (exact) mass is 322 g/mol. The van der Waals surface area contributed by atoms with Gasteiger partial charge in [0.1, 0.15) is 0 Å². The molecule has 116 valence electrons. The number of para-hydroxylation sites is 2. The van der Waals surface area contributed by atoms with Crippen molar-refractivity contribution in [3.63, 3.8) is 0 Å². The number of nitrogens with zero attached hydrogens (tertiary/aromatic N) is 3. The molecule has 0 unspecified atom stereocenters. The molecule has 2 aromatic carbocycles. The zero-order valence-corrected chi connectivity index (χ0v) is 13.8. The maximum Gasteiger partial charge on any atom is 0.213 e. The molecule has 0 bridgehead atoms. The number of rotatable bonds is 2. The number of aromatic nitrogens is 2. The Balaban J connectivity index is 1.58. The number of hydrogen-bond acceptors (Lipinski definition) is 2. The molecule has 5 heteroatoms. The zero-order chi connectivity index (χ0) is 15.8. The van der Waals surface area contributed by atoms with Gasteiger partial charge in [0.25, 0.3) is 0 Å². The molecule has 4 rings (SSSR count). The molecule has 0 atom stereocenters. The predicted octanol–water partition coefficient (Wildman–Crippen LogP) is 3.82. The highest BCUT2D eigenvalue weighted by atomic mass is 32.1. The number of thiocarbonyl (C=S) groups is 1. The first kappa shape index (κ1) is 14.2. The smallest absolute Gasteiger partial charge is 0.213 e. The molecule has 3 aromatic rings. The molecule has 4 nitrogen and oxygen atoms in total. The van der Waals surface area contributed by atoms with Gasteiger partial charge in [0.05, 0.1) is 11.0 Å². The largest absolute Gasteiger partial charge is 0.332 e. The van der Waals surface area contributed by atoms with E-state index in [0.717, 1.165) is 36.7 Å². The van der Waals surface area contributed by atoms with Crippen molar-refractivity contribution in [1.82, 2.24) is 9.55 Å². The van der Waals surface area contributed by atoms with Crippen LogP contribution < -0.4 is 10.2 Å². The van der Waals surface area contributed by atoms with Crippen LogP contribution >= 0.6 is 12.2 Å². The number of hydrogen-bond donors (Lipinski definition) is 1. The van der Waals surface area contributed by atoms with Gasteiger partial charge >= 0.3 is 0 Å². The molecule has 0 radical (unpaired) electrons. The quantitative estimate of drug-likeness (QED) is 0.727. The van der Waals surface area contributed by atoms with Crippen LogP contribution in [0.15, 0.2) is 48.5 Å². The summed E-state index contributed by atoms with van der Waals surface area (Å²) in [5.74, 6) is 0.925. The first-order valence-corrected chi connectivity index (χ1v) is 8.30. The van der Waals surface area contributed by atoms with Crippen LogP contribution in [0.1, 0.15) is 12.5 Å². The Morgan fingerprint density at radius 1 is 1.13 bits per heavy atom. The van der Waals surface area contributed by atoms with Gasteiger partial charge in [-0.15, -0.1) is 0 Å². The van der Waals surface area contributed by atoms with E-state index in [1.165, 1.54) is 11.1 Å². The van der Waals surface area contributed by atoms with Crippen LogP contribution in [0.2, 0.25) is 0 Å². The molecule has 23 heavy (non-hydrogen) atoms. The Morgan fingerprint density at radius 3 is 2.70 bits per heavy atom. The highest BCUT2D eigenvalue weighted by Crippen LogP contribution is 2.27. The van der Waals surface area contributed by atoms with Gasteiger partial charge in [-0.3, -0.25) is 4.90 Å². The van der Waals surface area contributed by atoms with Crippen LogP contribution in [0.25, 0.3) is 11.0 Å². The fourth-order valence-electron chi connectivity index (χ4n) is 3.00. The summed E-state index contributed by atoms with van der Waals surface area (Å²) in [7, 11) is 0. The minimum Gasteiger partial charge on any atom is -0.332 e. The fraction of sp³-hybridized carbons (Fsp3) is 0.222. The van der Waals surface area contributed by atoms with Crippen LogP contribution in [-0.2, 0) is 13.0 Å². The van der Waals surface area contributed by atoms with Gasteiger partial charge in [-0.1, -0.05) is 31.2 Å². The molecule has 1 aliphatic rings. The summed E-state index contributed by atoms with van der Waals surface area (Å²) < 4.78 is 2.23. The number of anilines is 2. The Bertz CT molecular complexity index is 866. The molecule has 0 saturated heterocycles. The molecule has 0 aliphatic carbocycles. The van der Waals surface area contributed by atoms with E-state index in [-0.39, 0.29) is 0 Å². The van der Waals surface area contributed by atoms with Gasteiger partial charge in [-0.05, 0) is 48.5 Å². The Hall–Kier alpha value is -2.40. The molecule has 1 aliphatic heterocycles. The SMILES string of the molecule is CCc1ccc(NC(=S)N2CCn3c2nc2ccccc23)cc1. The molecule has 0 saturated carbocycles. The van der Waals surface area contributed by atoms with Crippen molar-refractivity contribution in [2.24, 2.45) is 0 Å². The van der Waals surface area contributed by atoms with Crippen LogP contribution in [0.4, 0.5) is 11.6 Å². The van der Waals surface area contributed by atoms with Crippen molar-refractivity contribution in [1.29, 1.82) is 0 Å². The van der Waals surface area contributed by atoms with Gasteiger partial charge in [0.2, 0.25) is 5.95 Å². The molecule has 1 N–H and O–H groups in total. The normalized spacial score (nSPS) is 13.3. The van der Waals surface area contributed by atoms with Crippen LogP contribution in [0.3, 0.4) is 0 Å². The number of imidazole rings is 1. The summed E-state index contributed by atoms with van der Waals surface area (Å²) in [4.78, 5) is 6.80. The Morgan fingerprint density at radius 2 is 1.91 bits per heavy atom. The van der Waals surface area contributed by atoms with E-state index in [2.05, 4.69) is 52.0 Å². The maximum absolute atomic E-state index is 5.60. The van der Waals surface area contributed by atoms with Crippen molar-refractivity contribution >= 4 is 40.0 Å². The standard InChI is InChI=1S/C18H18N4S/c1-2-13-7-9-14(10-8-13)19-18(23)22-12-11-21-16-6-4-3-5-15(16)20-17(21)22/h3-10H,2,11-12H2,1H3,(H,19,23). The van der Waals surface area contributed by atoms with Gasteiger partial charge in [-0.25, -0.2) is 4.98 Å². The third kappa shape index (κ3) is 2.47. The molecular formula is C18H18N4S. The van der Waals surface area contributed by atoms with Gasteiger partial charge in [-0.2, -0.15) is 0 Å². The van der Waals surface area contributed by atoms with Crippen molar-refractivity contribution in [2.75, 3.05) is 16.8 Å². The van der Waals surface area contributed by atoms with Gasteiger partial charge in [0.15, 0.2) is 5.11 Å². The van der Waals surface area contributed by atoms with Crippen LogP contribution in [-0.4, -0.2) is 21.2 Å². The number of nitrogens with one attached hydrogen (secondary N) is 1. The van der Waals surface area contributed by atoms with Gasteiger partial charge in [0, 0.05) is 18.8 Å². The zero-order valence-electron chi connectivity index (χ0n) is 13.0. The Labute approximate surface area is 140 Å². The average molecular weight is 322 g/mol. The molecule has 0 fully saturated rings. The topological polar surface area (TPSA) is 33.1 Å². The number of fused-ring (bicyclic) bond motifs is 3. The lowest BCUT2D eigenvalue weighted by Crippen LogP contribution is -2.33. The summed E-state index contributed by atoms with van der Waals surface area (Å²) in [6.45, 7) is 3.92. The first-order chi connectivity index (χ1) is 11.3. The van der Waals surface area contributed by atoms with E-state index in [1.807, 2.05) is 18.2 Å². The van der Waals surface area contributed by atoms with E-state index in [4.69, 9.17) is 17.2 Å². The maximum atomic E-state index is 5.60. The Kier molecular flexibility index (Phi) is 3.50. The van der Waals surface area contributed by atoms with E-state index in [1.54, 1.807) is 0 Å². The summed E-state index contributed by atoms with van der Waals surface area (Å²) in [6, 6.07) is 16.6. The predicted molar refractivity (Wildman–Crippen MR) is 99.1 cm³/mol. The lowest BCUT2D eigenvalue weighted by molar-refractivity contribution is 0.829. The first-order valence-electron chi connectivity index (χ1n) is 7.89. The minimum absolute atomic E-state index is 0.698. The molecule has 1 aromatic heterocycles. The lowest BCUT2D eigenvalue weighted by Gasteiger charge is -2.18. The van der Waals surface area contributed by atoms with Crippen LogP contribution in [0.5, 0.6) is 0 Å². The second-order valence-electron chi connectivity index (χ2n) is 5.68. The fourth-order valence-corrected chi connectivity index (χ4v) is 3.29. The van der Waals surface area contributed by atoms with E-state index >= 15 is 0 Å².